The van der Waals surface area contributed by atoms with Crippen molar-refractivity contribution in [3.63, 3.8) is 0 Å². The average molecular weight is 392 g/mol. The van der Waals surface area contributed by atoms with Crippen molar-refractivity contribution in [3.05, 3.63) is 29.6 Å². The second-order valence-electron chi connectivity index (χ2n) is 4.76. The van der Waals surface area contributed by atoms with Gasteiger partial charge in [0, 0.05) is 13.7 Å². The molecule has 11 heteroatoms. The molecule has 0 aliphatic carbocycles. The zero-order valence-corrected chi connectivity index (χ0v) is 14.9. The number of aromatic nitrogens is 2. The Morgan fingerprint density at radius 3 is 2.80 bits per heavy atom. The van der Waals surface area contributed by atoms with E-state index in [1.54, 1.807) is 14.0 Å². The van der Waals surface area contributed by atoms with Crippen LogP contribution in [-0.4, -0.2) is 41.6 Å². The van der Waals surface area contributed by atoms with E-state index in [1.165, 1.54) is 11.3 Å². The summed E-state index contributed by atoms with van der Waals surface area (Å²) in [7, 11) is 1.58. The summed E-state index contributed by atoms with van der Waals surface area (Å²) in [6.45, 7) is 2.67. The first-order valence-corrected chi connectivity index (χ1v) is 8.79. The van der Waals surface area contributed by atoms with Crippen molar-refractivity contribution in [2.45, 2.75) is 16.5 Å². The number of methoxy groups -OCH3 is 1. The molecule has 1 amide bonds. The highest BCUT2D eigenvalue weighted by atomic mass is 32.2. The summed E-state index contributed by atoms with van der Waals surface area (Å²) in [5.41, 5.74) is -0.421. The fourth-order valence-electron chi connectivity index (χ4n) is 1.65. The van der Waals surface area contributed by atoms with Crippen LogP contribution in [-0.2, 0) is 9.53 Å². The first-order valence-electron chi connectivity index (χ1n) is 7.09. The van der Waals surface area contributed by atoms with E-state index >= 15 is 0 Å². The molecule has 2 aromatic rings. The molecular weight excluding hydrogens is 377 g/mol. The second kappa shape index (κ2) is 9.02. The van der Waals surface area contributed by atoms with Gasteiger partial charge in [-0.1, -0.05) is 23.1 Å². The van der Waals surface area contributed by atoms with Crippen molar-refractivity contribution in [2.24, 2.45) is 0 Å². The number of hydrogen-bond donors (Lipinski definition) is 2. The lowest BCUT2D eigenvalue weighted by Gasteiger charge is -2.11. The molecule has 0 aliphatic heterocycles. The number of rotatable bonds is 8. The largest absolute Gasteiger partial charge is 0.383 e. The van der Waals surface area contributed by atoms with Crippen molar-refractivity contribution in [2.75, 3.05) is 30.9 Å². The number of anilines is 2. The standard InChI is InChI=1S/C14H15F3N4O2S2/c1-7(24-14-21-20-13(25-14)18-5-6-23-2)12(22)19-9-4-3-8(15)10(16)11(9)17/h3-4,7H,5-6H2,1-2H3,(H,18,20)(H,19,22)/t7-/m0/s1. The third-order valence-electron chi connectivity index (χ3n) is 2.93. The Morgan fingerprint density at radius 2 is 2.08 bits per heavy atom. The summed E-state index contributed by atoms with van der Waals surface area (Å²) in [5, 5.41) is 13.0. The third kappa shape index (κ3) is 5.31. The van der Waals surface area contributed by atoms with Gasteiger partial charge in [-0.2, -0.15) is 0 Å². The predicted molar refractivity (Wildman–Crippen MR) is 90.5 cm³/mol. The van der Waals surface area contributed by atoms with Crippen LogP contribution in [0.25, 0.3) is 0 Å². The van der Waals surface area contributed by atoms with Crippen LogP contribution in [0.5, 0.6) is 0 Å². The Bertz CT molecular complexity index is 745. The van der Waals surface area contributed by atoms with Crippen molar-refractivity contribution in [1.29, 1.82) is 0 Å². The van der Waals surface area contributed by atoms with Crippen LogP contribution in [0.3, 0.4) is 0 Å². The van der Waals surface area contributed by atoms with Crippen molar-refractivity contribution in [1.82, 2.24) is 10.2 Å². The highest BCUT2D eigenvalue weighted by Crippen LogP contribution is 2.29. The van der Waals surface area contributed by atoms with Gasteiger partial charge in [0.05, 0.1) is 17.5 Å². The first kappa shape index (κ1) is 19.5. The molecule has 0 fully saturated rings. The summed E-state index contributed by atoms with van der Waals surface area (Å²) < 4.78 is 45.1. The number of benzene rings is 1. The number of hydrogen-bond acceptors (Lipinski definition) is 7. The van der Waals surface area contributed by atoms with E-state index in [0.717, 1.165) is 23.9 Å². The molecule has 136 valence electrons. The lowest BCUT2D eigenvalue weighted by Crippen LogP contribution is -2.23. The molecule has 6 nitrogen and oxygen atoms in total. The van der Waals surface area contributed by atoms with Crippen LogP contribution in [0, 0.1) is 17.5 Å². The van der Waals surface area contributed by atoms with Crippen molar-refractivity contribution in [3.8, 4) is 0 Å². The number of nitrogens with one attached hydrogen (secondary N) is 2. The van der Waals surface area contributed by atoms with Gasteiger partial charge in [-0.05, 0) is 19.1 Å². The second-order valence-corrected chi connectivity index (χ2v) is 7.33. The number of nitrogens with zero attached hydrogens (tertiary/aromatic N) is 2. The van der Waals surface area contributed by atoms with Gasteiger partial charge in [0.2, 0.25) is 11.0 Å². The third-order valence-corrected chi connectivity index (χ3v) is 4.99. The Hall–Kier alpha value is -1.85. The predicted octanol–water partition coefficient (Wildman–Crippen LogP) is 3.13. The van der Waals surface area contributed by atoms with Gasteiger partial charge < -0.3 is 15.4 Å². The quantitative estimate of drug-likeness (QED) is 0.408. The van der Waals surface area contributed by atoms with Gasteiger partial charge in [0.1, 0.15) is 0 Å². The first-order chi connectivity index (χ1) is 11.9. The molecule has 0 bridgehead atoms. The van der Waals surface area contributed by atoms with Gasteiger partial charge in [-0.25, -0.2) is 13.2 Å². The van der Waals surface area contributed by atoms with Gasteiger partial charge >= 0.3 is 0 Å². The van der Waals surface area contributed by atoms with Crippen molar-refractivity contribution >= 4 is 39.8 Å². The SMILES string of the molecule is COCCNc1nnc(S[C@@H](C)C(=O)Nc2ccc(F)c(F)c2F)s1. The fraction of sp³-hybridized carbons (Fsp3) is 0.357. The molecule has 2 N–H and O–H groups in total. The highest BCUT2D eigenvalue weighted by Gasteiger charge is 2.20. The van der Waals surface area contributed by atoms with Gasteiger partial charge in [0.15, 0.2) is 21.8 Å². The van der Waals surface area contributed by atoms with Crippen LogP contribution in [0.4, 0.5) is 24.0 Å². The van der Waals surface area contributed by atoms with Gasteiger partial charge in [0.25, 0.3) is 0 Å². The van der Waals surface area contributed by atoms with E-state index in [2.05, 4.69) is 20.8 Å². The molecule has 0 aliphatic rings. The zero-order valence-electron chi connectivity index (χ0n) is 13.3. The lowest BCUT2D eigenvalue weighted by molar-refractivity contribution is -0.115. The maximum absolute atomic E-state index is 13.6. The Morgan fingerprint density at radius 1 is 1.32 bits per heavy atom. The molecule has 0 saturated heterocycles. The maximum Gasteiger partial charge on any atom is 0.237 e. The molecule has 0 spiro atoms. The molecule has 0 radical (unpaired) electrons. The molecule has 1 heterocycles. The lowest BCUT2D eigenvalue weighted by atomic mass is 10.2. The molecular formula is C14H15F3N4O2S2. The molecule has 1 aromatic heterocycles. The topological polar surface area (TPSA) is 76.1 Å². The van der Waals surface area contributed by atoms with E-state index in [1.807, 2.05) is 0 Å². The molecule has 0 saturated carbocycles. The monoisotopic (exact) mass is 392 g/mol. The van der Waals surface area contributed by atoms with Gasteiger partial charge in [-0.15, -0.1) is 10.2 Å². The smallest absolute Gasteiger partial charge is 0.237 e. The number of ether oxygens (including phenoxy) is 1. The Balaban J connectivity index is 1.93. The summed E-state index contributed by atoms with van der Waals surface area (Å²) in [6, 6.07) is 1.71. The minimum absolute atomic E-state index is 0.421. The highest BCUT2D eigenvalue weighted by molar-refractivity contribution is 8.02. The van der Waals surface area contributed by atoms with Crippen LogP contribution < -0.4 is 10.6 Å². The van der Waals surface area contributed by atoms with E-state index in [-0.39, 0.29) is 0 Å². The maximum atomic E-state index is 13.6. The van der Waals surface area contributed by atoms with E-state index in [0.29, 0.717) is 22.6 Å². The number of carbonyl (C=O) groups excluding carboxylic acids is 1. The summed E-state index contributed by atoms with van der Waals surface area (Å²) in [6.07, 6.45) is 0. The van der Waals surface area contributed by atoms with E-state index in [9.17, 15) is 18.0 Å². The van der Waals surface area contributed by atoms with Crippen LogP contribution in [0.1, 0.15) is 6.92 Å². The van der Waals surface area contributed by atoms with Crippen molar-refractivity contribution < 1.29 is 22.7 Å². The molecule has 25 heavy (non-hydrogen) atoms. The zero-order chi connectivity index (χ0) is 18.4. The van der Waals surface area contributed by atoms with E-state index < -0.39 is 34.3 Å². The molecule has 1 aromatic carbocycles. The summed E-state index contributed by atoms with van der Waals surface area (Å²) in [5.74, 6) is -4.96. The minimum atomic E-state index is -1.63. The minimum Gasteiger partial charge on any atom is -0.383 e. The van der Waals surface area contributed by atoms with Crippen LogP contribution in [0.15, 0.2) is 16.5 Å². The van der Waals surface area contributed by atoms with Crippen LogP contribution >= 0.6 is 23.1 Å². The average Bonchev–Trinajstić information content (AvgIpc) is 3.03. The number of thioether (sulfide) groups is 1. The Kier molecular flexibility index (Phi) is 7.02. The van der Waals surface area contributed by atoms with Gasteiger partial charge in [-0.3, -0.25) is 4.79 Å². The number of carbonyl (C=O) groups is 1. The number of amides is 1. The normalized spacial score (nSPS) is 12.0. The molecule has 2 rings (SSSR count). The summed E-state index contributed by atoms with van der Waals surface area (Å²) >= 11 is 2.37. The van der Waals surface area contributed by atoms with Crippen LogP contribution in [0.2, 0.25) is 0 Å². The molecule has 1 atom stereocenters. The van der Waals surface area contributed by atoms with E-state index in [4.69, 9.17) is 4.74 Å². The summed E-state index contributed by atoms with van der Waals surface area (Å²) in [4.78, 5) is 12.1. The Labute approximate surface area is 150 Å². The molecule has 0 unspecified atom stereocenters. The fourth-order valence-corrected chi connectivity index (χ4v) is 3.57. The number of halogens is 3.